The molecular formula is C18H16N2. The molecule has 0 unspecified atom stereocenters. The highest BCUT2D eigenvalue weighted by atomic mass is 14.9. The molecule has 0 saturated carbocycles. The summed E-state index contributed by atoms with van der Waals surface area (Å²) in [5.41, 5.74) is 4.49. The second kappa shape index (κ2) is 5.22. The van der Waals surface area contributed by atoms with Gasteiger partial charge in [-0.25, -0.2) is 0 Å². The Morgan fingerprint density at radius 1 is 1.00 bits per heavy atom. The van der Waals surface area contributed by atoms with E-state index in [0.717, 1.165) is 29.4 Å². The monoisotopic (exact) mass is 260 g/mol. The molecule has 20 heavy (non-hydrogen) atoms. The molecule has 1 heterocycles. The molecule has 0 radical (unpaired) electrons. The van der Waals surface area contributed by atoms with Crippen molar-refractivity contribution in [3.8, 4) is 6.07 Å². The summed E-state index contributed by atoms with van der Waals surface area (Å²) in [5.74, 6) is 0. The van der Waals surface area contributed by atoms with Gasteiger partial charge in [-0.05, 0) is 35.7 Å². The molecule has 0 N–H and O–H groups in total. The molecule has 98 valence electrons. The van der Waals surface area contributed by atoms with Crippen LogP contribution in [0.5, 0.6) is 0 Å². The Balaban J connectivity index is 1.96. The third-order valence-electron chi connectivity index (χ3n) is 3.72. The van der Waals surface area contributed by atoms with Gasteiger partial charge in [-0.2, -0.15) is 5.26 Å². The Morgan fingerprint density at radius 3 is 2.45 bits per heavy atom. The van der Waals surface area contributed by atoms with Crippen LogP contribution < -0.4 is 0 Å². The summed E-state index contributed by atoms with van der Waals surface area (Å²) >= 11 is 0. The van der Waals surface area contributed by atoms with Crippen molar-refractivity contribution in [2.75, 3.05) is 0 Å². The second-order valence-corrected chi connectivity index (χ2v) is 4.96. The zero-order valence-corrected chi connectivity index (χ0v) is 11.5. The standard InChI is InChI=1S/C18H16N2/c1-2-14-6-8-15(9-7-14)13-20-11-10-17-16(12-19)4-3-5-18(17)20/h3-11H,2,13H2,1H3. The second-order valence-electron chi connectivity index (χ2n) is 4.96. The van der Waals surface area contributed by atoms with E-state index in [-0.39, 0.29) is 0 Å². The molecule has 0 fully saturated rings. The van der Waals surface area contributed by atoms with E-state index in [1.54, 1.807) is 0 Å². The number of fused-ring (bicyclic) bond motifs is 1. The number of rotatable bonds is 3. The zero-order chi connectivity index (χ0) is 13.9. The van der Waals surface area contributed by atoms with Crippen LogP contribution >= 0.6 is 0 Å². The molecule has 0 spiro atoms. The highest BCUT2D eigenvalue weighted by Crippen LogP contribution is 2.20. The van der Waals surface area contributed by atoms with Crippen LogP contribution in [0, 0.1) is 11.3 Å². The average Bonchev–Trinajstić information content (AvgIpc) is 2.91. The highest BCUT2D eigenvalue weighted by Gasteiger charge is 2.05. The maximum atomic E-state index is 9.13. The summed E-state index contributed by atoms with van der Waals surface area (Å²) in [5, 5.41) is 10.2. The molecular weight excluding hydrogens is 244 g/mol. The fraction of sp³-hybridized carbons (Fsp3) is 0.167. The van der Waals surface area contributed by atoms with Gasteiger partial charge in [-0.3, -0.25) is 0 Å². The molecule has 0 aliphatic rings. The van der Waals surface area contributed by atoms with Gasteiger partial charge in [0.1, 0.15) is 0 Å². The van der Waals surface area contributed by atoms with Crippen LogP contribution in [0.2, 0.25) is 0 Å². The first-order chi connectivity index (χ1) is 9.81. The van der Waals surface area contributed by atoms with Gasteiger partial charge >= 0.3 is 0 Å². The Kier molecular flexibility index (Phi) is 3.26. The quantitative estimate of drug-likeness (QED) is 0.696. The minimum absolute atomic E-state index is 0.739. The molecule has 2 heteroatoms. The Morgan fingerprint density at radius 2 is 1.75 bits per heavy atom. The van der Waals surface area contributed by atoms with Crippen LogP contribution in [0.15, 0.2) is 54.7 Å². The largest absolute Gasteiger partial charge is 0.343 e. The molecule has 0 amide bonds. The summed E-state index contributed by atoms with van der Waals surface area (Å²) in [6.45, 7) is 3.00. The van der Waals surface area contributed by atoms with Gasteiger partial charge in [0, 0.05) is 23.6 Å². The Hall–Kier alpha value is -2.53. The van der Waals surface area contributed by atoms with Crippen LogP contribution in [0.4, 0.5) is 0 Å². The summed E-state index contributed by atoms with van der Waals surface area (Å²) in [6, 6.07) is 18.9. The molecule has 0 bridgehead atoms. The first-order valence-electron chi connectivity index (χ1n) is 6.87. The first kappa shape index (κ1) is 12.5. The predicted molar refractivity (Wildman–Crippen MR) is 81.6 cm³/mol. The van der Waals surface area contributed by atoms with E-state index in [0.29, 0.717) is 0 Å². The first-order valence-corrected chi connectivity index (χ1v) is 6.87. The molecule has 3 aromatic rings. The van der Waals surface area contributed by atoms with Crippen molar-refractivity contribution in [3.63, 3.8) is 0 Å². The fourth-order valence-electron chi connectivity index (χ4n) is 2.54. The van der Waals surface area contributed by atoms with Crippen LogP contribution in [-0.2, 0) is 13.0 Å². The van der Waals surface area contributed by atoms with Crippen LogP contribution in [0.3, 0.4) is 0 Å². The van der Waals surface area contributed by atoms with Crippen molar-refractivity contribution in [1.29, 1.82) is 5.26 Å². The third kappa shape index (κ3) is 2.19. The Bertz CT molecular complexity index is 773. The van der Waals surface area contributed by atoms with Crippen LogP contribution in [0.1, 0.15) is 23.6 Å². The maximum absolute atomic E-state index is 9.13. The van der Waals surface area contributed by atoms with Gasteiger partial charge in [0.05, 0.1) is 11.6 Å². The molecule has 2 aromatic carbocycles. The minimum atomic E-state index is 0.739. The zero-order valence-electron chi connectivity index (χ0n) is 11.5. The van der Waals surface area contributed by atoms with Gasteiger partial charge in [0.2, 0.25) is 0 Å². The molecule has 0 aliphatic heterocycles. The number of aryl methyl sites for hydroxylation is 1. The van der Waals surface area contributed by atoms with E-state index in [2.05, 4.69) is 54.1 Å². The number of benzene rings is 2. The lowest BCUT2D eigenvalue weighted by molar-refractivity contribution is 0.836. The van der Waals surface area contributed by atoms with Crippen molar-refractivity contribution in [2.45, 2.75) is 19.9 Å². The third-order valence-corrected chi connectivity index (χ3v) is 3.72. The molecule has 1 aromatic heterocycles. The molecule has 0 aliphatic carbocycles. The minimum Gasteiger partial charge on any atom is -0.343 e. The molecule has 0 atom stereocenters. The lowest BCUT2D eigenvalue weighted by Crippen LogP contribution is -1.98. The Labute approximate surface area is 118 Å². The average molecular weight is 260 g/mol. The van der Waals surface area contributed by atoms with Gasteiger partial charge in [-0.1, -0.05) is 37.3 Å². The van der Waals surface area contributed by atoms with Crippen molar-refractivity contribution >= 4 is 10.9 Å². The maximum Gasteiger partial charge on any atom is 0.0998 e. The number of aromatic nitrogens is 1. The van der Waals surface area contributed by atoms with Gasteiger partial charge < -0.3 is 4.57 Å². The summed E-state index contributed by atoms with van der Waals surface area (Å²) < 4.78 is 2.19. The van der Waals surface area contributed by atoms with Crippen molar-refractivity contribution in [2.24, 2.45) is 0 Å². The van der Waals surface area contributed by atoms with E-state index in [1.807, 2.05) is 18.2 Å². The summed E-state index contributed by atoms with van der Waals surface area (Å²) in [7, 11) is 0. The van der Waals surface area contributed by atoms with Gasteiger partial charge in [0.15, 0.2) is 0 Å². The van der Waals surface area contributed by atoms with E-state index in [4.69, 9.17) is 5.26 Å². The fourth-order valence-corrected chi connectivity index (χ4v) is 2.54. The topological polar surface area (TPSA) is 28.7 Å². The number of hydrogen-bond acceptors (Lipinski definition) is 1. The van der Waals surface area contributed by atoms with Gasteiger partial charge in [-0.15, -0.1) is 0 Å². The van der Waals surface area contributed by atoms with E-state index in [1.165, 1.54) is 11.1 Å². The smallest absolute Gasteiger partial charge is 0.0998 e. The van der Waals surface area contributed by atoms with E-state index >= 15 is 0 Å². The van der Waals surface area contributed by atoms with E-state index in [9.17, 15) is 0 Å². The molecule has 3 rings (SSSR count). The summed E-state index contributed by atoms with van der Waals surface area (Å²) in [4.78, 5) is 0. The summed E-state index contributed by atoms with van der Waals surface area (Å²) in [6.07, 6.45) is 3.12. The van der Waals surface area contributed by atoms with E-state index < -0.39 is 0 Å². The SMILES string of the molecule is CCc1ccc(Cn2ccc3c(C#N)cccc32)cc1. The number of nitriles is 1. The van der Waals surface area contributed by atoms with Crippen LogP contribution in [0.25, 0.3) is 10.9 Å². The lowest BCUT2D eigenvalue weighted by Gasteiger charge is -2.07. The van der Waals surface area contributed by atoms with Gasteiger partial charge in [0.25, 0.3) is 0 Å². The van der Waals surface area contributed by atoms with Crippen molar-refractivity contribution in [3.05, 3.63) is 71.4 Å². The normalized spacial score (nSPS) is 10.6. The number of hydrogen-bond donors (Lipinski definition) is 0. The van der Waals surface area contributed by atoms with Crippen LogP contribution in [-0.4, -0.2) is 4.57 Å². The predicted octanol–water partition coefficient (Wildman–Crippen LogP) is 4.12. The molecule has 2 nitrogen and oxygen atoms in total. The molecule has 0 saturated heterocycles. The van der Waals surface area contributed by atoms with Crippen molar-refractivity contribution in [1.82, 2.24) is 4.57 Å². The lowest BCUT2D eigenvalue weighted by atomic mass is 10.1. The highest BCUT2D eigenvalue weighted by molar-refractivity contribution is 5.86. The van der Waals surface area contributed by atoms with Crippen molar-refractivity contribution < 1.29 is 0 Å². The number of nitrogens with zero attached hydrogens (tertiary/aromatic N) is 2.